The first-order chi connectivity index (χ1) is 9.14. The van der Waals surface area contributed by atoms with Crippen LogP contribution in [0.4, 0.5) is 0 Å². The molecule has 0 spiro atoms. The van der Waals surface area contributed by atoms with Crippen molar-refractivity contribution in [2.24, 2.45) is 11.3 Å². The third kappa shape index (κ3) is 2.39. The van der Waals surface area contributed by atoms with Crippen LogP contribution in [-0.2, 0) is 0 Å². The number of carbonyl (C=O) groups is 1. The Morgan fingerprint density at radius 1 is 1.47 bits per heavy atom. The van der Waals surface area contributed by atoms with E-state index in [-0.39, 0.29) is 17.2 Å². The number of phenolic OH excluding ortho intramolecular Hbond substituents is 1. The topological polar surface area (TPSA) is 58.6 Å². The molecule has 1 amide bonds. The standard InChI is InChI=1S/C15H19NO3/c1-19-11-4-5-13(17)12(8-11)14(18)16-9-15(6-7-15)10-2-3-10/h4-5,8,10,17H,2-3,6-7,9H2,1H3,(H,16,18). The predicted octanol–water partition coefficient (Wildman–Crippen LogP) is 2.32. The molecule has 0 saturated heterocycles. The van der Waals surface area contributed by atoms with Gasteiger partial charge in [0.1, 0.15) is 11.5 Å². The normalized spacial score (nSPS) is 19.8. The lowest BCUT2D eigenvalue weighted by molar-refractivity contribution is 0.0939. The van der Waals surface area contributed by atoms with E-state index in [4.69, 9.17) is 4.74 Å². The fraction of sp³-hybridized carbons (Fsp3) is 0.533. The van der Waals surface area contributed by atoms with Gasteiger partial charge in [-0.2, -0.15) is 0 Å². The second kappa shape index (κ2) is 4.44. The molecule has 19 heavy (non-hydrogen) atoms. The minimum Gasteiger partial charge on any atom is -0.507 e. The van der Waals surface area contributed by atoms with Crippen LogP contribution in [0.2, 0.25) is 0 Å². The van der Waals surface area contributed by atoms with Crippen LogP contribution >= 0.6 is 0 Å². The Kier molecular flexibility index (Phi) is 2.88. The summed E-state index contributed by atoms with van der Waals surface area (Å²) in [6.07, 6.45) is 5.06. The largest absolute Gasteiger partial charge is 0.507 e. The van der Waals surface area contributed by atoms with Gasteiger partial charge in [-0.1, -0.05) is 0 Å². The molecule has 0 atom stereocenters. The number of rotatable bonds is 5. The van der Waals surface area contributed by atoms with Crippen molar-refractivity contribution >= 4 is 5.91 Å². The van der Waals surface area contributed by atoms with E-state index >= 15 is 0 Å². The summed E-state index contributed by atoms with van der Waals surface area (Å²) in [5, 5.41) is 12.7. The summed E-state index contributed by atoms with van der Waals surface area (Å²) in [4.78, 5) is 12.1. The molecule has 4 heteroatoms. The van der Waals surface area contributed by atoms with Gasteiger partial charge >= 0.3 is 0 Å². The van der Waals surface area contributed by atoms with Crippen molar-refractivity contribution in [2.75, 3.05) is 13.7 Å². The molecule has 2 N–H and O–H groups in total. The van der Waals surface area contributed by atoms with E-state index in [0.29, 0.717) is 11.2 Å². The molecule has 0 radical (unpaired) electrons. The zero-order valence-electron chi connectivity index (χ0n) is 11.1. The Hall–Kier alpha value is -1.71. The van der Waals surface area contributed by atoms with Gasteiger partial charge in [-0.3, -0.25) is 4.79 Å². The van der Waals surface area contributed by atoms with E-state index < -0.39 is 0 Å². The molecule has 0 heterocycles. The van der Waals surface area contributed by atoms with Crippen molar-refractivity contribution in [3.05, 3.63) is 23.8 Å². The number of phenols is 1. The van der Waals surface area contributed by atoms with E-state index in [1.807, 2.05) is 0 Å². The number of ether oxygens (including phenoxy) is 1. The highest BCUT2D eigenvalue weighted by Gasteiger charge is 2.53. The van der Waals surface area contributed by atoms with Crippen LogP contribution in [0.3, 0.4) is 0 Å². The van der Waals surface area contributed by atoms with E-state index in [1.165, 1.54) is 31.7 Å². The zero-order valence-corrected chi connectivity index (χ0v) is 11.1. The van der Waals surface area contributed by atoms with Gasteiger partial charge in [-0.05, 0) is 55.2 Å². The maximum absolute atomic E-state index is 12.1. The van der Waals surface area contributed by atoms with Crippen LogP contribution in [-0.4, -0.2) is 24.7 Å². The van der Waals surface area contributed by atoms with Crippen molar-refractivity contribution in [3.63, 3.8) is 0 Å². The van der Waals surface area contributed by atoms with Crippen molar-refractivity contribution in [1.29, 1.82) is 0 Å². The smallest absolute Gasteiger partial charge is 0.255 e. The fourth-order valence-electron chi connectivity index (χ4n) is 2.76. The molecule has 0 unspecified atom stereocenters. The quantitative estimate of drug-likeness (QED) is 0.855. The van der Waals surface area contributed by atoms with Crippen molar-refractivity contribution < 1.29 is 14.6 Å². The van der Waals surface area contributed by atoms with Crippen LogP contribution in [0.15, 0.2) is 18.2 Å². The molecule has 2 aliphatic rings. The van der Waals surface area contributed by atoms with Gasteiger partial charge in [0.2, 0.25) is 0 Å². The minimum atomic E-state index is -0.219. The monoisotopic (exact) mass is 261 g/mol. The lowest BCUT2D eigenvalue weighted by atomic mass is 10.0. The molecule has 1 aromatic carbocycles. The lowest BCUT2D eigenvalue weighted by Crippen LogP contribution is -2.31. The number of hydrogen-bond donors (Lipinski definition) is 2. The highest BCUT2D eigenvalue weighted by molar-refractivity contribution is 5.97. The van der Waals surface area contributed by atoms with Gasteiger partial charge in [0.15, 0.2) is 0 Å². The van der Waals surface area contributed by atoms with Crippen LogP contribution in [0, 0.1) is 11.3 Å². The highest BCUT2D eigenvalue weighted by Crippen LogP contribution is 2.60. The molecule has 2 saturated carbocycles. The van der Waals surface area contributed by atoms with Crippen LogP contribution in [0.25, 0.3) is 0 Å². The molecule has 2 aliphatic carbocycles. The first kappa shape index (κ1) is 12.3. The molecule has 0 aliphatic heterocycles. The van der Waals surface area contributed by atoms with Crippen molar-refractivity contribution in [1.82, 2.24) is 5.32 Å². The third-order valence-corrected chi connectivity index (χ3v) is 4.38. The van der Waals surface area contributed by atoms with E-state index in [1.54, 1.807) is 19.2 Å². The Morgan fingerprint density at radius 3 is 2.79 bits per heavy atom. The summed E-state index contributed by atoms with van der Waals surface area (Å²) in [6, 6.07) is 4.70. The van der Waals surface area contributed by atoms with Gasteiger partial charge < -0.3 is 15.2 Å². The fourth-order valence-corrected chi connectivity index (χ4v) is 2.76. The Bertz CT molecular complexity index is 504. The van der Waals surface area contributed by atoms with E-state index in [2.05, 4.69) is 5.32 Å². The van der Waals surface area contributed by atoms with E-state index in [0.717, 1.165) is 12.5 Å². The summed E-state index contributed by atoms with van der Waals surface area (Å²) < 4.78 is 5.07. The van der Waals surface area contributed by atoms with Crippen molar-refractivity contribution in [2.45, 2.75) is 25.7 Å². The number of methoxy groups -OCH3 is 1. The molecule has 0 bridgehead atoms. The highest BCUT2D eigenvalue weighted by atomic mass is 16.5. The average Bonchev–Trinajstić information content (AvgIpc) is 3.28. The number of benzene rings is 1. The Labute approximate surface area is 112 Å². The SMILES string of the molecule is COc1ccc(O)c(C(=O)NCC2(C3CC3)CC2)c1. The molecule has 102 valence electrons. The van der Waals surface area contributed by atoms with Gasteiger partial charge in [-0.15, -0.1) is 0 Å². The number of amides is 1. The molecule has 2 fully saturated rings. The number of hydrogen-bond acceptors (Lipinski definition) is 3. The third-order valence-electron chi connectivity index (χ3n) is 4.38. The first-order valence-electron chi connectivity index (χ1n) is 6.80. The van der Waals surface area contributed by atoms with Crippen LogP contribution in [0.5, 0.6) is 11.5 Å². The zero-order chi connectivity index (χ0) is 13.5. The second-order valence-corrected chi connectivity index (χ2v) is 5.70. The number of carbonyl (C=O) groups excluding carboxylic acids is 1. The van der Waals surface area contributed by atoms with Crippen molar-refractivity contribution in [3.8, 4) is 11.5 Å². The van der Waals surface area contributed by atoms with Gasteiger partial charge in [-0.25, -0.2) is 0 Å². The summed E-state index contributed by atoms with van der Waals surface area (Å²) in [5.41, 5.74) is 0.649. The Morgan fingerprint density at radius 2 is 2.21 bits per heavy atom. The predicted molar refractivity (Wildman–Crippen MR) is 71.4 cm³/mol. The van der Waals surface area contributed by atoms with Crippen LogP contribution < -0.4 is 10.1 Å². The first-order valence-corrected chi connectivity index (χ1v) is 6.80. The molecule has 0 aromatic heterocycles. The maximum atomic E-state index is 12.1. The second-order valence-electron chi connectivity index (χ2n) is 5.70. The van der Waals surface area contributed by atoms with E-state index in [9.17, 15) is 9.90 Å². The number of nitrogens with one attached hydrogen (secondary N) is 1. The minimum absolute atomic E-state index is 0.00503. The van der Waals surface area contributed by atoms with Gasteiger partial charge in [0.05, 0.1) is 12.7 Å². The molecular weight excluding hydrogens is 242 g/mol. The van der Waals surface area contributed by atoms with Gasteiger partial charge in [0, 0.05) is 6.54 Å². The van der Waals surface area contributed by atoms with Gasteiger partial charge in [0.25, 0.3) is 5.91 Å². The lowest BCUT2D eigenvalue weighted by Gasteiger charge is -2.15. The maximum Gasteiger partial charge on any atom is 0.255 e. The summed E-state index contributed by atoms with van der Waals surface area (Å²) in [7, 11) is 1.54. The average molecular weight is 261 g/mol. The molecule has 3 rings (SSSR count). The molecule has 4 nitrogen and oxygen atoms in total. The number of aromatic hydroxyl groups is 1. The molecular formula is C15H19NO3. The summed E-state index contributed by atoms with van der Waals surface area (Å²) in [5.74, 6) is 1.16. The summed E-state index contributed by atoms with van der Waals surface area (Å²) >= 11 is 0. The van der Waals surface area contributed by atoms with Crippen LogP contribution in [0.1, 0.15) is 36.0 Å². The Balaban J connectivity index is 1.66. The summed E-state index contributed by atoms with van der Waals surface area (Å²) in [6.45, 7) is 0.729. The molecule has 1 aromatic rings.